The number of para-hydroxylation sites is 1. The van der Waals surface area contributed by atoms with Gasteiger partial charge in [0.1, 0.15) is 22.3 Å². The summed E-state index contributed by atoms with van der Waals surface area (Å²) in [5.74, 6) is 0. The highest BCUT2D eigenvalue weighted by Gasteiger charge is 2.17. The van der Waals surface area contributed by atoms with E-state index in [1.54, 1.807) is 6.07 Å². The van der Waals surface area contributed by atoms with Crippen LogP contribution < -0.4 is 0 Å². The van der Waals surface area contributed by atoms with Crippen molar-refractivity contribution in [1.29, 1.82) is 10.5 Å². The Morgan fingerprint density at radius 1 is 0.429 bits per heavy atom. The third kappa shape index (κ3) is 3.68. The summed E-state index contributed by atoms with van der Waals surface area (Å²) in [5.41, 5.74) is 10.1. The van der Waals surface area contributed by atoms with Crippen molar-refractivity contribution in [2.75, 3.05) is 0 Å². The minimum absolute atomic E-state index is 0.580. The van der Waals surface area contributed by atoms with Gasteiger partial charge < -0.3 is 8.83 Å². The van der Waals surface area contributed by atoms with E-state index >= 15 is 0 Å². The fraction of sp³-hybridized carbons (Fsp3) is 0. The van der Waals surface area contributed by atoms with E-state index < -0.39 is 0 Å². The minimum atomic E-state index is 0.580. The summed E-state index contributed by atoms with van der Waals surface area (Å²) in [6, 6.07) is 44.6. The molecule has 2 heterocycles. The van der Waals surface area contributed by atoms with Gasteiger partial charge in [-0.2, -0.15) is 10.5 Å². The highest BCUT2D eigenvalue weighted by Crippen LogP contribution is 2.41. The van der Waals surface area contributed by atoms with Crippen molar-refractivity contribution in [3.8, 4) is 45.5 Å². The quantitative estimate of drug-likeness (QED) is 0.225. The zero-order valence-corrected chi connectivity index (χ0v) is 22.3. The fourth-order valence-electron chi connectivity index (χ4n) is 5.98. The Morgan fingerprint density at radius 3 is 2.00 bits per heavy atom. The number of hydrogen-bond acceptors (Lipinski definition) is 4. The maximum absolute atomic E-state index is 9.92. The normalized spacial score (nSPS) is 11.3. The molecule has 0 saturated carbocycles. The van der Waals surface area contributed by atoms with E-state index in [2.05, 4.69) is 60.7 Å². The Labute approximate surface area is 240 Å². The third-order valence-corrected chi connectivity index (χ3v) is 7.94. The van der Waals surface area contributed by atoms with Gasteiger partial charge in [0.2, 0.25) is 0 Å². The van der Waals surface area contributed by atoms with E-state index in [9.17, 15) is 10.5 Å². The molecule has 0 spiro atoms. The summed E-state index contributed by atoms with van der Waals surface area (Å²) < 4.78 is 12.4. The van der Waals surface area contributed by atoms with Gasteiger partial charge in [-0.05, 0) is 100 Å². The molecule has 4 heteroatoms. The first-order chi connectivity index (χ1) is 20.7. The zero-order valence-electron chi connectivity index (χ0n) is 22.3. The molecule has 0 bridgehead atoms. The Bertz CT molecular complexity index is 2450. The smallest absolute Gasteiger partial charge is 0.136 e. The van der Waals surface area contributed by atoms with Gasteiger partial charge in [0.25, 0.3) is 0 Å². The van der Waals surface area contributed by atoms with Crippen LogP contribution >= 0.6 is 0 Å². The molecule has 6 aromatic carbocycles. The molecule has 0 fully saturated rings. The summed E-state index contributed by atoms with van der Waals surface area (Å²) in [6.07, 6.45) is 0. The van der Waals surface area contributed by atoms with E-state index in [0.717, 1.165) is 77.3 Å². The molecule has 0 radical (unpaired) electrons. The van der Waals surface area contributed by atoms with Gasteiger partial charge in [0.05, 0.1) is 23.3 Å². The largest absolute Gasteiger partial charge is 0.456 e. The molecule has 0 aliphatic rings. The molecule has 0 aliphatic heterocycles. The molecule has 194 valence electrons. The topological polar surface area (TPSA) is 73.9 Å². The molecule has 0 unspecified atom stereocenters. The van der Waals surface area contributed by atoms with E-state index in [0.29, 0.717) is 11.1 Å². The van der Waals surface area contributed by atoms with Crippen molar-refractivity contribution in [1.82, 2.24) is 0 Å². The number of nitriles is 2. The second-order valence-electron chi connectivity index (χ2n) is 10.4. The number of benzene rings is 6. The van der Waals surface area contributed by atoms with Crippen LogP contribution in [0, 0.1) is 22.7 Å². The lowest BCUT2D eigenvalue weighted by molar-refractivity contribution is 0.668. The lowest BCUT2D eigenvalue weighted by Crippen LogP contribution is -1.89. The lowest BCUT2D eigenvalue weighted by atomic mass is 9.90. The van der Waals surface area contributed by atoms with Crippen LogP contribution in [0.1, 0.15) is 11.1 Å². The molecule has 0 saturated heterocycles. The van der Waals surface area contributed by atoms with Crippen molar-refractivity contribution >= 4 is 43.9 Å². The standard InChI is InChI=1S/C38H20N2O2/c39-21-23-12-15-35-33(16-23)38-30(9-5-11-36(38)41-35)28-18-26(17-27(19-28)29-7-2-1-6-25(29)22-40)24-13-14-32-31-8-3-4-10-34(31)42-37(32)20-24/h1-20H. The number of furan rings is 2. The Hall–Kier alpha value is -6.10. The van der Waals surface area contributed by atoms with Gasteiger partial charge in [0, 0.05) is 21.5 Å². The summed E-state index contributed by atoms with van der Waals surface area (Å²) in [7, 11) is 0. The SMILES string of the molecule is N#Cc1ccc2oc3cccc(-c4cc(-c5ccc6c(c5)oc5ccccc56)cc(-c5ccccc5C#N)c4)c3c2c1. The minimum Gasteiger partial charge on any atom is -0.456 e. The lowest BCUT2D eigenvalue weighted by Gasteiger charge is -2.13. The molecular formula is C38H20N2O2. The van der Waals surface area contributed by atoms with Crippen LogP contribution in [0.3, 0.4) is 0 Å². The summed E-state index contributed by atoms with van der Waals surface area (Å²) in [6.45, 7) is 0. The number of fused-ring (bicyclic) bond motifs is 6. The van der Waals surface area contributed by atoms with Crippen LogP contribution in [0.25, 0.3) is 77.3 Å². The first-order valence-electron chi connectivity index (χ1n) is 13.6. The Morgan fingerprint density at radius 2 is 1.12 bits per heavy atom. The average molecular weight is 537 g/mol. The van der Waals surface area contributed by atoms with E-state index in [4.69, 9.17) is 8.83 Å². The predicted molar refractivity (Wildman–Crippen MR) is 167 cm³/mol. The second kappa shape index (κ2) is 9.24. The number of rotatable bonds is 3. The molecule has 0 aliphatic carbocycles. The highest BCUT2D eigenvalue weighted by atomic mass is 16.3. The predicted octanol–water partition coefficient (Wildman–Crippen LogP) is 10.2. The second-order valence-corrected chi connectivity index (χ2v) is 10.4. The van der Waals surface area contributed by atoms with Crippen molar-refractivity contribution < 1.29 is 8.83 Å². The van der Waals surface area contributed by atoms with E-state index in [1.807, 2.05) is 66.7 Å². The van der Waals surface area contributed by atoms with Crippen molar-refractivity contribution in [3.05, 3.63) is 132 Å². The van der Waals surface area contributed by atoms with Gasteiger partial charge in [-0.1, -0.05) is 54.6 Å². The number of hydrogen-bond donors (Lipinski definition) is 0. The molecule has 0 atom stereocenters. The van der Waals surface area contributed by atoms with E-state index in [1.165, 1.54) is 0 Å². The van der Waals surface area contributed by atoms with Gasteiger partial charge in [-0.15, -0.1) is 0 Å². The van der Waals surface area contributed by atoms with Crippen LogP contribution in [0.15, 0.2) is 130 Å². The molecular weight excluding hydrogens is 516 g/mol. The summed E-state index contributed by atoms with van der Waals surface area (Å²) in [4.78, 5) is 0. The van der Waals surface area contributed by atoms with Crippen molar-refractivity contribution in [2.45, 2.75) is 0 Å². The molecule has 4 nitrogen and oxygen atoms in total. The van der Waals surface area contributed by atoms with Gasteiger partial charge >= 0.3 is 0 Å². The first-order valence-corrected chi connectivity index (χ1v) is 13.6. The maximum Gasteiger partial charge on any atom is 0.136 e. The van der Waals surface area contributed by atoms with Gasteiger partial charge in [0.15, 0.2) is 0 Å². The fourth-order valence-corrected chi connectivity index (χ4v) is 5.98. The molecule has 8 rings (SSSR count). The van der Waals surface area contributed by atoms with Crippen molar-refractivity contribution in [2.24, 2.45) is 0 Å². The Kier molecular flexibility index (Phi) is 5.22. The third-order valence-electron chi connectivity index (χ3n) is 7.94. The molecule has 8 aromatic rings. The van der Waals surface area contributed by atoms with Gasteiger partial charge in [-0.25, -0.2) is 0 Å². The van der Waals surface area contributed by atoms with Crippen LogP contribution in [0.2, 0.25) is 0 Å². The first kappa shape index (κ1) is 23.8. The van der Waals surface area contributed by atoms with Crippen LogP contribution in [-0.2, 0) is 0 Å². The summed E-state index contributed by atoms with van der Waals surface area (Å²) in [5, 5.41) is 23.5. The average Bonchev–Trinajstić information content (AvgIpc) is 3.62. The molecule has 0 amide bonds. The monoisotopic (exact) mass is 536 g/mol. The molecule has 0 N–H and O–H groups in total. The number of nitrogens with zero attached hydrogens (tertiary/aromatic N) is 2. The highest BCUT2D eigenvalue weighted by molar-refractivity contribution is 6.13. The Balaban J connectivity index is 1.41. The van der Waals surface area contributed by atoms with Crippen LogP contribution in [0.5, 0.6) is 0 Å². The van der Waals surface area contributed by atoms with Crippen molar-refractivity contribution in [3.63, 3.8) is 0 Å². The summed E-state index contributed by atoms with van der Waals surface area (Å²) >= 11 is 0. The zero-order chi connectivity index (χ0) is 28.2. The maximum atomic E-state index is 9.92. The molecule has 2 aromatic heterocycles. The van der Waals surface area contributed by atoms with Crippen LogP contribution in [0.4, 0.5) is 0 Å². The molecule has 42 heavy (non-hydrogen) atoms. The van der Waals surface area contributed by atoms with E-state index in [-0.39, 0.29) is 0 Å². The van der Waals surface area contributed by atoms with Gasteiger partial charge in [-0.3, -0.25) is 0 Å². The van der Waals surface area contributed by atoms with Crippen LogP contribution in [-0.4, -0.2) is 0 Å².